The number of hydrogen-bond donors (Lipinski definition) is 1. The minimum absolute atomic E-state index is 0.0175. The first-order valence-corrected chi connectivity index (χ1v) is 8.62. The van der Waals surface area contributed by atoms with Crippen LogP contribution in [0.3, 0.4) is 0 Å². The highest BCUT2D eigenvalue weighted by molar-refractivity contribution is 9.10. The van der Waals surface area contributed by atoms with Crippen molar-refractivity contribution in [2.24, 2.45) is 5.73 Å². The molecular weight excluding hydrogens is 351 g/mol. The van der Waals surface area contributed by atoms with Crippen molar-refractivity contribution in [1.29, 1.82) is 0 Å². The molecule has 1 aromatic heterocycles. The molecule has 0 spiro atoms. The molecule has 0 fully saturated rings. The Morgan fingerprint density at radius 3 is 2.52 bits per heavy atom. The third kappa shape index (κ3) is 4.36. The highest BCUT2D eigenvalue weighted by Crippen LogP contribution is 2.28. The molecule has 1 aromatic carbocycles. The molecule has 1 heterocycles. The molecule has 0 saturated carbocycles. The van der Waals surface area contributed by atoms with Gasteiger partial charge in [-0.05, 0) is 53.2 Å². The lowest BCUT2D eigenvalue weighted by Crippen LogP contribution is -2.38. The van der Waals surface area contributed by atoms with Gasteiger partial charge in [0.05, 0.1) is 0 Å². The predicted octanol–water partition coefficient (Wildman–Crippen LogP) is 4.56. The summed E-state index contributed by atoms with van der Waals surface area (Å²) in [7, 11) is 2.07. The summed E-state index contributed by atoms with van der Waals surface area (Å²) in [5, 5.41) is 2.08. The van der Waals surface area contributed by atoms with Crippen LogP contribution in [0.5, 0.6) is 0 Å². The highest BCUT2D eigenvalue weighted by Gasteiger charge is 2.23. The number of thiophene rings is 1. The van der Waals surface area contributed by atoms with Gasteiger partial charge in [-0.3, -0.25) is 4.90 Å². The van der Waals surface area contributed by atoms with Crippen molar-refractivity contribution in [3.63, 3.8) is 0 Å². The molecule has 0 aliphatic carbocycles. The minimum Gasteiger partial charge on any atom is -0.326 e. The summed E-state index contributed by atoms with van der Waals surface area (Å²) in [6, 6.07) is 8.88. The van der Waals surface area contributed by atoms with Crippen LogP contribution in [-0.2, 0) is 6.54 Å². The molecule has 0 aliphatic heterocycles. The van der Waals surface area contributed by atoms with E-state index in [0.717, 1.165) is 23.0 Å². The zero-order valence-electron chi connectivity index (χ0n) is 12.2. The van der Waals surface area contributed by atoms with Crippen molar-refractivity contribution in [2.45, 2.75) is 32.0 Å². The summed E-state index contributed by atoms with van der Waals surface area (Å²) >= 11 is 5.20. The van der Waals surface area contributed by atoms with Gasteiger partial charge in [0.15, 0.2) is 0 Å². The molecule has 2 N–H and O–H groups in total. The van der Waals surface area contributed by atoms with Crippen molar-refractivity contribution in [2.75, 3.05) is 7.05 Å². The van der Waals surface area contributed by atoms with Crippen molar-refractivity contribution < 1.29 is 4.39 Å². The van der Waals surface area contributed by atoms with Crippen molar-refractivity contribution in [3.8, 4) is 0 Å². The largest absolute Gasteiger partial charge is 0.326 e. The Morgan fingerprint density at radius 1 is 1.33 bits per heavy atom. The standard InChI is InChI=1S/C16H20BrFN2S/c1-3-15(19)16(11-4-6-13(18)7-5-11)20(2)9-14-8-12(17)10-21-14/h4-8,10,15-16H,3,9,19H2,1-2H3. The average Bonchev–Trinajstić information content (AvgIpc) is 2.86. The second-order valence-electron chi connectivity index (χ2n) is 5.21. The van der Waals surface area contributed by atoms with E-state index in [1.54, 1.807) is 11.3 Å². The third-order valence-corrected chi connectivity index (χ3v) is 5.27. The number of nitrogens with zero attached hydrogens (tertiary/aromatic N) is 1. The first-order chi connectivity index (χ1) is 10.0. The van der Waals surface area contributed by atoms with E-state index in [2.05, 4.69) is 46.2 Å². The summed E-state index contributed by atoms with van der Waals surface area (Å²) in [6.07, 6.45) is 0.876. The van der Waals surface area contributed by atoms with E-state index in [1.807, 2.05) is 12.1 Å². The summed E-state index contributed by atoms with van der Waals surface area (Å²) in [5.41, 5.74) is 7.36. The van der Waals surface area contributed by atoms with Gasteiger partial charge in [-0.15, -0.1) is 11.3 Å². The van der Waals surface area contributed by atoms with Gasteiger partial charge in [0.2, 0.25) is 0 Å². The Balaban J connectivity index is 2.20. The SMILES string of the molecule is CCC(N)C(c1ccc(F)cc1)N(C)Cc1cc(Br)cs1. The minimum atomic E-state index is -0.215. The number of likely N-dealkylation sites (N-methyl/N-ethyl adjacent to an activating group) is 1. The molecule has 5 heteroatoms. The smallest absolute Gasteiger partial charge is 0.123 e. The Labute approximate surface area is 137 Å². The zero-order chi connectivity index (χ0) is 15.4. The molecule has 114 valence electrons. The zero-order valence-corrected chi connectivity index (χ0v) is 14.6. The topological polar surface area (TPSA) is 29.3 Å². The van der Waals surface area contributed by atoms with E-state index in [1.165, 1.54) is 17.0 Å². The summed E-state index contributed by atoms with van der Waals surface area (Å²) in [4.78, 5) is 3.51. The third-order valence-electron chi connectivity index (χ3n) is 3.59. The fourth-order valence-electron chi connectivity index (χ4n) is 2.49. The Hall–Kier alpha value is -0.750. The van der Waals surface area contributed by atoms with Gasteiger partial charge in [-0.25, -0.2) is 4.39 Å². The molecule has 0 bridgehead atoms. The van der Waals surface area contributed by atoms with E-state index < -0.39 is 0 Å². The van der Waals surface area contributed by atoms with Gasteiger partial charge < -0.3 is 5.73 Å². The van der Waals surface area contributed by atoms with Crippen molar-refractivity contribution in [1.82, 2.24) is 4.90 Å². The maximum absolute atomic E-state index is 13.1. The lowest BCUT2D eigenvalue weighted by molar-refractivity contribution is 0.203. The predicted molar refractivity (Wildman–Crippen MR) is 90.9 cm³/mol. The number of hydrogen-bond acceptors (Lipinski definition) is 3. The van der Waals surface area contributed by atoms with Gasteiger partial charge in [-0.2, -0.15) is 0 Å². The number of nitrogens with two attached hydrogens (primary N) is 1. The molecule has 2 atom stereocenters. The monoisotopic (exact) mass is 370 g/mol. The molecule has 0 radical (unpaired) electrons. The van der Waals surface area contributed by atoms with Crippen LogP contribution in [0, 0.1) is 5.82 Å². The molecule has 0 amide bonds. The van der Waals surface area contributed by atoms with E-state index in [-0.39, 0.29) is 17.9 Å². The van der Waals surface area contributed by atoms with Crippen LogP contribution >= 0.6 is 27.3 Å². The molecule has 0 saturated heterocycles. The van der Waals surface area contributed by atoms with E-state index >= 15 is 0 Å². The molecule has 21 heavy (non-hydrogen) atoms. The summed E-state index contributed by atoms with van der Waals surface area (Å²) in [5.74, 6) is -0.215. The fraction of sp³-hybridized carbons (Fsp3) is 0.375. The van der Waals surface area contributed by atoms with Crippen LogP contribution in [0.15, 0.2) is 40.2 Å². The van der Waals surface area contributed by atoms with Crippen molar-refractivity contribution in [3.05, 3.63) is 56.4 Å². The number of halogens is 2. The quantitative estimate of drug-likeness (QED) is 0.807. The van der Waals surface area contributed by atoms with E-state index in [0.29, 0.717) is 0 Å². The molecule has 2 aromatic rings. The van der Waals surface area contributed by atoms with Gasteiger partial charge in [-0.1, -0.05) is 19.1 Å². The average molecular weight is 371 g/mol. The molecule has 2 unspecified atom stereocenters. The highest BCUT2D eigenvalue weighted by atomic mass is 79.9. The Bertz CT molecular complexity index is 570. The molecule has 2 rings (SSSR count). The summed E-state index contributed by atoms with van der Waals surface area (Å²) in [6.45, 7) is 2.91. The van der Waals surface area contributed by atoms with Gasteiger partial charge >= 0.3 is 0 Å². The lowest BCUT2D eigenvalue weighted by atomic mass is 9.96. The van der Waals surface area contributed by atoms with Gasteiger partial charge in [0.25, 0.3) is 0 Å². The van der Waals surface area contributed by atoms with Crippen LogP contribution < -0.4 is 5.73 Å². The lowest BCUT2D eigenvalue weighted by Gasteiger charge is -2.32. The van der Waals surface area contributed by atoms with Crippen LogP contribution in [0.1, 0.15) is 29.8 Å². The Morgan fingerprint density at radius 2 is 2.00 bits per heavy atom. The van der Waals surface area contributed by atoms with E-state index in [9.17, 15) is 4.39 Å². The fourth-order valence-corrected chi connectivity index (χ4v) is 4.01. The van der Waals surface area contributed by atoms with Crippen LogP contribution in [0.4, 0.5) is 4.39 Å². The van der Waals surface area contributed by atoms with Crippen LogP contribution in [-0.4, -0.2) is 18.0 Å². The number of rotatable bonds is 6. The van der Waals surface area contributed by atoms with Gasteiger partial charge in [0, 0.05) is 33.4 Å². The Kier molecular flexibility index (Phi) is 5.93. The van der Waals surface area contributed by atoms with Gasteiger partial charge in [0.1, 0.15) is 5.82 Å². The van der Waals surface area contributed by atoms with E-state index in [4.69, 9.17) is 5.73 Å². The second-order valence-corrected chi connectivity index (χ2v) is 7.13. The summed E-state index contributed by atoms with van der Waals surface area (Å²) < 4.78 is 14.2. The molecule has 2 nitrogen and oxygen atoms in total. The molecular formula is C16H20BrFN2S. The van der Waals surface area contributed by atoms with Crippen LogP contribution in [0.25, 0.3) is 0 Å². The number of benzene rings is 1. The van der Waals surface area contributed by atoms with Crippen molar-refractivity contribution >= 4 is 27.3 Å². The maximum atomic E-state index is 13.1. The van der Waals surface area contributed by atoms with Crippen LogP contribution in [0.2, 0.25) is 0 Å². The molecule has 0 aliphatic rings. The normalized spacial score (nSPS) is 14.4. The first-order valence-electron chi connectivity index (χ1n) is 6.95. The first kappa shape index (κ1) is 16.6. The maximum Gasteiger partial charge on any atom is 0.123 e. The second kappa shape index (κ2) is 7.49.